The zero-order valence-electron chi connectivity index (χ0n) is 15.5. The molecule has 0 aromatic heterocycles. The average Bonchev–Trinajstić information content (AvgIpc) is 2.61. The van der Waals surface area contributed by atoms with Gasteiger partial charge in [0.25, 0.3) is 0 Å². The topological polar surface area (TPSA) is 75.7 Å². The Morgan fingerprint density at radius 2 is 1.76 bits per heavy atom. The summed E-state index contributed by atoms with van der Waals surface area (Å²) in [5.41, 5.74) is 0.947. The Balaban J connectivity index is 2.48. The van der Waals surface area contributed by atoms with Crippen molar-refractivity contribution in [3.8, 4) is 0 Å². The van der Waals surface area contributed by atoms with Gasteiger partial charge < -0.3 is 10.1 Å². The molecule has 0 aliphatic heterocycles. The molecule has 0 spiro atoms. The maximum absolute atomic E-state index is 12.4. The fourth-order valence-corrected chi connectivity index (χ4v) is 3.89. The standard InChI is InChI=1S/C18H30N2O4S/c1-4-20(5-2)25(22,23)17-11-8-16(9-12-17)10-13-18(21)19-14-7-15-24-6-3/h8-9,11-12H,4-7,10,13-15H2,1-3H3,(H,19,21). The van der Waals surface area contributed by atoms with Gasteiger partial charge in [-0.2, -0.15) is 4.31 Å². The second-order valence-corrected chi connectivity index (χ2v) is 7.57. The number of aryl methyl sites for hydroxylation is 1. The monoisotopic (exact) mass is 370 g/mol. The molecule has 142 valence electrons. The van der Waals surface area contributed by atoms with Gasteiger partial charge in [0.15, 0.2) is 0 Å². The molecule has 0 saturated heterocycles. The summed E-state index contributed by atoms with van der Waals surface area (Å²) in [7, 11) is -3.43. The molecule has 1 aromatic carbocycles. The number of sulfonamides is 1. The van der Waals surface area contributed by atoms with E-state index in [0.29, 0.717) is 50.6 Å². The Bertz CT molecular complexity index is 610. The molecule has 0 radical (unpaired) electrons. The van der Waals surface area contributed by atoms with Crippen LogP contribution in [0.3, 0.4) is 0 Å². The van der Waals surface area contributed by atoms with Crippen molar-refractivity contribution in [2.75, 3.05) is 32.8 Å². The van der Waals surface area contributed by atoms with E-state index in [-0.39, 0.29) is 5.91 Å². The van der Waals surface area contributed by atoms with Gasteiger partial charge in [0.1, 0.15) is 0 Å². The SMILES string of the molecule is CCOCCCNC(=O)CCc1ccc(S(=O)(=O)N(CC)CC)cc1. The fraction of sp³-hybridized carbons (Fsp3) is 0.611. The fourth-order valence-electron chi connectivity index (χ4n) is 2.43. The van der Waals surface area contributed by atoms with E-state index in [1.807, 2.05) is 20.8 Å². The van der Waals surface area contributed by atoms with E-state index >= 15 is 0 Å². The first-order valence-corrected chi connectivity index (χ1v) is 10.3. The van der Waals surface area contributed by atoms with Gasteiger partial charge in [-0.15, -0.1) is 0 Å². The molecule has 0 saturated carbocycles. The van der Waals surface area contributed by atoms with Gasteiger partial charge in [-0.25, -0.2) is 8.42 Å². The van der Waals surface area contributed by atoms with Crippen LogP contribution < -0.4 is 5.32 Å². The third-order valence-corrected chi connectivity index (χ3v) is 5.96. The van der Waals surface area contributed by atoms with E-state index in [1.165, 1.54) is 4.31 Å². The van der Waals surface area contributed by atoms with Crippen LogP contribution in [0.5, 0.6) is 0 Å². The first-order valence-electron chi connectivity index (χ1n) is 8.89. The summed E-state index contributed by atoms with van der Waals surface area (Å²) in [6.07, 6.45) is 1.77. The molecular weight excluding hydrogens is 340 g/mol. The van der Waals surface area contributed by atoms with Gasteiger partial charge in [0.2, 0.25) is 15.9 Å². The lowest BCUT2D eigenvalue weighted by atomic mass is 10.1. The van der Waals surface area contributed by atoms with Crippen molar-refractivity contribution in [3.63, 3.8) is 0 Å². The summed E-state index contributed by atoms with van der Waals surface area (Å²) in [5, 5.41) is 2.86. The molecule has 0 bridgehead atoms. The highest BCUT2D eigenvalue weighted by Crippen LogP contribution is 2.16. The lowest BCUT2D eigenvalue weighted by Gasteiger charge is -2.18. The predicted molar refractivity (Wildman–Crippen MR) is 99.0 cm³/mol. The summed E-state index contributed by atoms with van der Waals surface area (Å²) in [6.45, 7) is 8.43. The van der Waals surface area contributed by atoms with Crippen LogP contribution in [-0.4, -0.2) is 51.5 Å². The zero-order valence-corrected chi connectivity index (χ0v) is 16.3. The third kappa shape index (κ3) is 7.13. The van der Waals surface area contributed by atoms with Crippen LogP contribution in [0.2, 0.25) is 0 Å². The number of ether oxygens (including phenoxy) is 1. The number of nitrogens with one attached hydrogen (secondary N) is 1. The smallest absolute Gasteiger partial charge is 0.243 e. The Hall–Kier alpha value is -1.44. The molecule has 0 aliphatic rings. The number of nitrogens with zero attached hydrogens (tertiary/aromatic N) is 1. The molecular formula is C18H30N2O4S. The minimum Gasteiger partial charge on any atom is -0.382 e. The normalized spacial score (nSPS) is 11.7. The van der Waals surface area contributed by atoms with Crippen molar-refractivity contribution < 1.29 is 17.9 Å². The number of carbonyl (C=O) groups excluding carboxylic acids is 1. The number of benzene rings is 1. The van der Waals surface area contributed by atoms with Crippen molar-refractivity contribution in [2.45, 2.75) is 44.9 Å². The van der Waals surface area contributed by atoms with Gasteiger partial charge in [-0.05, 0) is 37.5 Å². The quantitative estimate of drug-likeness (QED) is 0.572. The molecule has 0 atom stereocenters. The van der Waals surface area contributed by atoms with E-state index < -0.39 is 10.0 Å². The molecule has 0 fully saturated rings. The number of rotatable bonds is 12. The molecule has 7 heteroatoms. The van der Waals surface area contributed by atoms with Crippen LogP contribution in [-0.2, 0) is 26.0 Å². The summed E-state index contributed by atoms with van der Waals surface area (Å²) in [4.78, 5) is 12.1. The first-order chi connectivity index (χ1) is 12.0. The second kappa shape index (κ2) is 11.2. The zero-order chi connectivity index (χ0) is 18.7. The largest absolute Gasteiger partial charge is 0.382 e. The maximum Gasteiger partial charge on any atom is 0.243 e. The number of hydrogen-bond donors (Lipinski definition) is 1. The van der Waals surface area contributed by atoms with Crippen molar-refractivity contribution in [1.82, 2.24) is 9.62 Å². The Morgan fingerprint density at radius 3 is 2.32 bits per heavy atom. The maximum atomic E-state index is 12.4. The van der Waals surface area contributed by atoms with Crippen molar-refractivity contribution in [3.05, 3.63) is 29.8 Å². The summed E-state index contributed by atoms with van der Waals surface area (Å²) >= 11 is 0. The molecule has 1 N–H and O–H groups in total. The first kappa shape index (κ1) is 21.6. The van der Waals surface area contributed by atoms with Crippen LogP contribution in [0.25, 0.3) is 0 Å². The molecule has 1 rings (SSSR count). The van der Waals surface area contributed by atoms with E-state index in [1.54, 1.807) is 24.3 Å². The Morgan fingerprint density at radius 1 is 1.12 bits per heavy atom. The predicted octanol–water partition coefficient (Wildman–Crippen LogP) is 2.19. The van der Waals surface area contributed by atoms with Gasteiger partial charge in [-0.3, -0.25) is 4.79 Å². The van der Waals surface area contributed by atoms with Crippen LogP contribution in [0.1, 0.15) is 39.2 Å². The van der Waals surface area contributed by atoms with Gasteiger partial charge >= 0.3 is 0 Å². The van der Waals surface area contributed by atoms with Gasteiger partial charge in [0, 0.05) is 39.3 Å². The minimum atomic E-state index is -3.43. The minimum absolute atomic E-state index is 0.00339. The van der Waals surface area contributed by atoms with E-state index in [4.69, 9.17) is 4.74 Å². The van der Waals surface area contributed by atoms with Crippen LogP contribution >= 0.6 is 0 Å². The van der Waals surface area contributed by atoms with Crippen LogP contribution in [0.15, 0.2) is 29.2 Å². The third-order valence-electron chi connectivity index (χ3n) is 3.90. The molecule has 25 heavy (non-hydrogen) atoms. The van der Waals surface area contributed by atoms with E-state index in [2.05, 4.69) is 5.32 Å². The van der Waals surface area contributed by atoms with Crippen molar-refractivity contribution in [2.24, 2.45) is 0 Å². The van der Waals surface area contributed by atoms with Gasteiger partial charge in [-0.1, -0.05) is 26.0 Å². The summed E-state index contributed by atoms with van der Waals surface area (Å²) in [5.74, 6) is -0.00339. The highest BCUT2D eigenvalue weighted by molar-refractivity contribution is 7.89. The van der Waals surface area contributed by atoms with Crippen LogP contribution in [0.4, 0.5) is 0 Å². The van der Waals surface area contributed by atoms with Crippen molar-refractivity contribution >= 4 is 15.9 Å². The summed E-state index contributed by atoms with van der Waals surface area (Å²) in [6, 6.07) is 6.78. The number of carbonyl (C=O) groups is 1. The Kier molecular flexibility index (Phi) is 9.70. The molecule has 0 aliphatic carbocycles. The summed E-state index contributed by atoms with van der Waals surface area (Å²) < 4.78 is 31.5. The molecule has 0 unspecified atom stereocenters. The van der Waals surface area contributed by atoms with E-state index in [9.17, 15) is 13.2 Å². The van der Waals surface area contributed by atoms with Gasteiger partial charge in [0.05, 0.1) is 4.90 Å². The Labute approximate surface area is 151 Å². The second-order valence-electron chi connectivity index (χ2n) is 5.63. The number of hydrogen-bond acceptors (Lipinski definition) is 4. The number of amides is 1. The molecule has 1 amide bonds. The highest BCUT2D eigenvalue weighted by atomic mass is 32.2. The lowest BCUT2D eigenvalue weighted by Crippen LogP contribution is -2.30. The molecule has 6 nitrogen and oxygen atoms in total. The highest BCUT2D eigenvalue weighted by Gasteiger charge is 2.21. The average molecular weight is 371 g/mol. The van der Waals surface area contributed by atoms with Crippen molar-refractivity contribution in [1.29, 1.82) is 0 Å². The molecule has 0 heterocycles. The van der Waals surface area contributed by atoms with Crippen LogP contribution in [0, 0.1) is 0 Å². The van der Waals surface area contributed by atoms with E-state index in [0.717, 1.165) is 12.0 Å². The molecule has 1 aromatic rings. The lowest BCUT2D eigenvalue weighted by molar-refractivity contribution is -0.121.